The minimum atomic E-state index is -0.0252. The van der Waals surface area contributed by atoms with E-state index in [1.165, 1.54) is 25.7 Å². The van der Waals surface area contributed by atoms with Crippen molar-refractivity contribution in [1.82, 2.24) is 0 Å². The first-order valence-electron chi connectivity index (χ1n) is 4.94. The summed E-state index contributed by atoms with van der Waals surface area (Å²) in [6, 6.07) is 0. The molecule has 0 aromatic rings. The molecule has 0 heterocycles. The van der Waals surface area contributed by atoms with Crippen molar-refractivity contribution in [3.8, 4) is 0 Å². The zero-order chi connectivity index (χ0) is 9.03. The van der Waals surface area contributed by atoms with Crippen LogP contribution in [0.2, 0.25) is 0 Å². The first-order valence-corrected chi connectivity index (χ1v) is 4.94. The van der Waals surface area contributed by atoms with Crippen molar-refractivity contribution in [2.75, 3.05) is 6.61 Å². The molecule has 0 saturated heterocycles. The van der Waals surface area contributed by atoms with E-state index in [2.05, 4.69) is 26.0 Å². The molecule has 0 aromatic carbocycles. The van der Waals surface area contributed by atoms with Crippen molar-refractivity contribution in [2.24, 2.45) is 11.3 Å². The summed E-state index contributed by atoms with van der Waals surface area (Å²) in [4.78, 5) is 0. The van der Waals surface area contributed by atoms with Crippen LogP contribution < -0.4 is 0 Å². The summed E-state index contributed by atoms with van der Waals surface area (Å²) in [6.45, 7) is 4.38. The van der Waals surface area contributed by atoms with Gasteiger partial charge in [-0.3, -0.25) is 0 Å². The lowest BCUT2D eigenvalue weighted by Crippen LogP contribution is -2.13. The maximum atomic E-state index is 9.02. The Morgan fingerprint density at radius 3 is 2.42 bits per heavy atom. The first kappa shape index (κ1) is 9.79. The van der Waals surface area contributed by atoms with Gasteiger partial charge in [-0.1, -0.05) is 38.8 Å². The van der Waals surface area contributed by atoms with E-state index >= 15 is 0 Å². The molecule has 12 heavy (non-hydrogen) atoms. The van der Waals surface area contributed by atoms with Gasteiger partial charge in [0.05, 0.1) is 6.61 Å². The zero-order valence-electron chi connectivity index (χ0n) is 8.21. The van der Waals surface area contributed by atoms with E-state index in [1.54, 1.807) is 0 Å². The third kappa shape index (κ3) is 2.98. The van der Waals surface area contributed by atoms with Crippen LogP contribution in [0.1, 0.15) is 39.5 Å². The monoisotopic (exact) mass is 168 g/mol. The Kier molecular flexibility index (Phi) is 3.33. The van der Waals surface area contributed by atoms with Gasteiger partial charge in [0.15, 0.2) is 0 Å². The fraction of sp³-hybridized carbons (Fsp3) is 0.818. The van der Waals surface area contributed by atoms with Crippen molar-refractivity contribution >= 4 is 0 Å². The van der Waals surface area contributed by atoms with Crippen LogP contribution in [-0.4, -0.2) is 11.7 Å². The van der Waals surface area contributed by atoms with Crippen molar-refractivity contribution in [1.29, 1.82) is 0 Å². The summed E-state index contributed by atoms with van der Waals surface area (Å²) in [6.07, 6.45) is 9.92. The molecular weight excluding hydrogens is 148 g/mol. The molecule has 1 nitrogen and oxygen atoms in total. The van der Waals surface area contributed by atoms with Gasteiger partial charge in [-0.2, -0.15) is 0 Å². The molecule has 1 rings (SSSR count). The van der Waals surface area contributed by atoms with Gasteiger partial charge in [-0.15, -0.1) is 0 Å². The van der Waals surface area contributed by atoms with E-state index in [4.69, 9.17) is 5.11 Å². The Morgan fingerprint density at radius 1 is 1.33 bits per heavy atom. The minimum Gasteiger partial charge on any atom is -0.395 e. The summed E-state index contributed by atoms with van der Waals surface area (Å²) in [5, 5.41) is 9.02. The standard InChI is InChI=1S/C11H20O/c1-11(2,9-12)8-7-10-5-3-4-6-10/h7-8,10,12H,3-6,9H2,1-2H3/b8-7+. The highest BCUT2D eigenvalue weighted by Gasteiger charge is 2.15. The van der Waals surface area contributed by atoms with E-state index in [0.717, 1.165) is 5.92 Å². The lowest BCUT2D eigenvalue weighted by Gasteiger charge is -2.16. The normalized spacial score (nSPS) is 20.9. The molecular formula is C11H20O. The van der Waals surface area contributed by atoms with E-state index in [9.17, 15) is 0 Å². The van der Waals surface area contributed by atoms with Gasteiger partial charge in [-0.25, -0.2) is 0 Å². The molecule has 0 amide bonds. The maximum absolute atomic E-state index is 9.02. The van der Waals surface area contributed by atoms with Crippen LogP contribution in [0.4, 0.5) is 0 Å². The van der Waals surface area contributed by atoms with Crippen LogP contribution in [0.5, 0.6) is 0 Å². The zero-order valence-corrected chi connectivity index (χ0v) is 8.21. The molecule has 0 unspecified atom stereocenters. The third-order valence-electron chi connectivity index (χ3n) is 2.63. The van der Waals surface area contributed by atoms with Gasteiger partial charge in [0.25, 0.3) is 0 Å². The summed E-state index contributed by atoms with van der Waals surface area (Å²) in [7, 11) is 0. The smallest absolute Gasteiger partial charge is 0.0516 e. The van der Waals surface area contributed by atoms with Crippen LogP contribution in [-0.2, 0) is 0 Å². The molecule has 1 saturated carbocycles. The molecule has 0 aromatic heterocycles. The Bertz CT molecular complexity index is 152. The van der Waals surface area contributed by atoms with Crippen LogP contribution in [0.3, 0.4) is 0 Å². The Balaban J connectivity index is 2.37. The van der Waals surface area contributed by atoms with Crippen molar-refractivity contribution < 1.29 is 5.11 Å². The van der Waals surface area contributed by atoms with E-state index < -0.39 is 0 Å². The predicted molar refractivity (Wildman–Crippen MR) is 52.0 cm³/mol. The average molecular weight is 168 g/mol. The summed E-state index contributed by atoms with van der Waals surface area (Å²) < 4.78 is 0. The SMILES string of the molecule is CC(C)(/C=C/C1CCCC1)CO. The van der Waals surface area contributed by atoms with Gasteiger partial charge >= 0.3 is 0 Å². The topological polar surface area (TPSA) is 20.2 Å². The molecule has 1 aliphatic rings. The molecule has 70 valence electrons. The highest BCUT2D eigenvalue weighted by atomic mass is 16.3. The number of rotatable bonds is 3. The second-order valence-corrected chi connectivity index (χ2v) is 4.55. The molecule has 1 N–H and O–H groups in total. The van der Waals surface area contributed by atoms with Gasteiger partial charge in [0.2, 0.25) is 0 Å². The quantitative estimate of drug-likeness (QED) is 0.642. The molecule has 1 heteroatoms. The predicted octanol–water partition coefficient (Wildman–Crippen LogP) is 2.75. The number of aliphatic hydroxyl groups is 1. The third-order valence-corrected chi connectivity index (χ3v) is 2.63. The summed E-state index contributed by atoms with van der Waals surface area (Å²) in [5.74, 6) is 0.788. The second kappa shape index (κ2) is 4.08. The highest BCUT2D eigenvalue weighted by Crippen LogP contribution is 2.27. The van der Waals surface area contributed by atoms with Gasteiger partial charge < -0.3 is 5.11 Å². The Morgan fingerprint density at radius 2 is 1.92 bits per heavy atom. The molecule has 0 bridgehead atoms. The van der Waals surface area contributed by atoms with E-state index in [1.807, 2.05) is 0 Å². The minimum absolute atomic E-state index is 0.0252. The number of aliphatic hydroxyl groups excluding tert-OH is 1. The maximum Gasteiger partial charge on any atom is 0.0516 e. The fourth-order valence-electron chi connectivity index (χ4n) is 1.60. The lowest BCUT2D eigenvalue weighted by molar-refractivity contribution is 0.199. The highest BCUT2D eigenvalue weighted by molar-refractivity contribution is 4.98. The summed E-state index contributed by atoms with van der Waals surface area (Å²) >= 11 is 0. The van der Waals surface area contributed by atoms with Crippen LogP contribution in [0.15, 0.2) is 12.2 Å². The molecule has 0 aliphatic heterocycles. The van der Waals surface area contributed by atoms with Gasteiger partial charge in [-0.05, 0) is 18.8 Å². The average Bonchev–Trinajstić information content (AvgIpc) is 2.53. The molecule has 0 spiro atoms. The van der Waals surface area contributed by atoms with Crippen molar-refractivity contribution in [3.63, 3.8) is 0 Å². The van der Waals surface area contributed by atoms with Gasteiger partial charge in [0, 0.05) is 5.41 Å². The molecule has 0 atom stereocenters. The van der Waals surface area contributed by atoms with Gasteiger partial charge in [0.1, 0.15) is 0 Å². The van der Waals surface area contributed by atoms with Crippen LogP contribution in [0.25, 0.3) is 0 Å². The van der Waals surface area contributed by atoms with Crippen molar-refractivity contribution in [3.05, 3.63) is 12.2 Å². The largest absolute Gasteiger partial charge is 0.395 e. The molecule has 1 fully saturated rings. The van der Waals surface area contributed by atoms with E-state index in [0.29, 0.717) is 0 Å². The van der Waals surface area contributed by atoms with Crippen molar-refractivity contribution in [2.45, 2.75) is 39.5 Å². The fourth-order valence-corrected chi connectivity index (χ4v) is 1.60. The molecule has 1 aliphatic carbocycles. The van der Waals surface area contributed by atoms with Crippen LogP contribution >= 0.6 is 0 Å². The number of hydrogen-bond acceptors (Lipinski definition) is 1. The Hall–Kier alpha value is -0.300. The van der Waals surface area contributed by atoms with Crippen LogP contribution in [0, 0.1) is 11.3 Å². The Labute approximate surface area is 75.5 Å². The first-order chi connectivity index (χ1) is 5.64. The number of hydrogen-bond donors (Lipinski definition) is 1. The molecule has 0 radical (unpaired) electrons. The summed E-state index contributed by atoms with van der Waals surface area (Å²) in [5.41, 5.74) is -0.0252. The second-order valence-electron chi connectivity index (χ2n) is 4.55. The van der Waals surface area contributed by atoms with E-state index in [-0.39, 0.29) is 12.0 Å². The number of allylic oxidation sites excluding steroid dienone is 1. The lowest BCUT2D eigenvalue weighted by atomic mass is 9.92.